The predicted octanol–water partition coefficient (Wildman–Crippen LogP) is 2.95. The first kappa shape index (κ1) is 24.6. The fraction of sp³-hybridized carbons (Fsp3) is 0.333. The highest BCUT2D eigenvalue weighted by molar-refractivity contribution is 14.0. The Morgan fingerprint density at radius 2 is 1.96 bits per heavy atom. The second kappa shape index (κ2) is 12.2. The summed E-state index contributed by atoms with van der Waals surface area (Å²) < 4.78 is 26.8. The van der Waals surface area contributed by atoms with Crippen LogP contribution >= 0.6 is 35.6 Å². The van der Waals surface area contributed by atoms with Gasteiger partial charge in [0.2, 0.25) is 10.0 Å². The number of pyridine rings is 1. The van der Waals surface area contributed by atoms with Crippen LogP contribution in [-0.4, -0.2) is 39.0 Å². The van der Waals surface area contributed by atoms with Gasteiger partial charge in [0.15, 0.2) is 5.96 Å². The number of hydrogen-bond acceptors (Lipinski definition) is 4. The molecule has 0 aliphatic rings. The predicted molar refractivity (Wildman–Crippen MR) is 124 cm³/mol. The third kappa shape index (κ3) is 7.90. The van der Waals surface area contributed by atoms with Crippen molar-refractivity contribution in [3.63, 3.8) is 0 Å². The molecule has 2 rings (SSSR count). The molecule has 1 aromatic carbocycles. The van der Waals surface area contributed by atoms with Crippen molar-refractivity contribution in [3.05, 3.63) is 59.4 Å². The number of aliphatic imine (C=N–C) groups is 1. The summed E-state index contributed by atoms with van der Waals surface area (Å²) in [6, 6.07) is 10.7. The number of benzene rings is 1. The monoisotopic (exact) mass is 537 g/mol. The number of nitrogens with zero attached hydrogens (tertiary/aromatic N) is 2. The average molecular weight is 538 g/mol. The Hall–Kier alpha value is -1.43. The summed E-state index contributed by atoms with van der Waals surface area (Å²) in [4.78, 5) is 8.38. The SMILES string of the molecule is CCNC(=NCCNS(=O)(=O)c1cccnc1)NC(C)c1ccc(Cl)cc1.I. The number of rotatable bonds is 8. The lowest BCUT2D eigenvalue weighted by atomic mass is 10.1. The number of sulfonamides is 1. The van der Waals surface area contributed by atoms with Crippen LogP contribution in [-0.2, 0) is 10.0 Å². The van der Waals surface area contributed by atoms with Gasteiger partial charge in [0.05, 0.1) is 12.6 Å². The first-order valence-electron chi connectivity index (χ1n) is 8.62. The molecule has 0 bridgehead atoms. The Kier molecular flexibility index (Phi) is 10.7. The van der Waals surface area contributed by atoms with Gasteiger partial charge in [-0.15, -0.1) is 24.0 Å². The average Bonchev–Trinajstić information content (AvgIpc) is 2.66. The van der Waals surface area contributed by atoms with Gasteiger partial charge in [-0.2, -0.15) is 0 Å². The maximum atomic E-state index is 12.2. The van der Waals surface area contributed by atoms with Gasteiger partial charge in [-0.3, -0.25) is 9.98 Å². The van der Waals surface area contributed by atoms with Gasteiger partial charge in [-0.25, -0.2) is 13.1 Å². The molecule has 3 N–H and O–H groups in total. The molecule has 0 aliphatic carbocycles. The van der Waals surface area contributed by atoms with E-state index in [0.29, 0.717) is 24.1 Å². The van der Waals surface area contributed by atoms with Gasteiger partial charge in [-0.05, 0) is 43.7 Å². The minimum absolute atomic E-state index is 0. The highest BCUT2D eigenvalue weighted by atomic mass is 127. The van der Waals surface area contributed by atoms with E-state index in [2.05, 4.69) is 25.3 Å². The van der Waals surface area contributed by atoms with Crippen molar-refractivity contribution in [1.29, 1.82) is 0 Å². The van der Waals surface area contributed by atoms with Crippen molar-refractivity contribution in [2.45, 2.75) is 24.8 Å². The zero-order valence-corrected chi connectivity index (χ0v) is 19.6. The third-order valence-corrected chi connectivity index (χ3v) is 5.38. The van der Waals surface area contributed by atoms with Crippen molar-refractivity contribution < 1.29 is 8.42 Å². The second-order valence-corrected chi connectivity index (χ2v) is 7.97. The Labute approximate surface area is 188 Å². The van der Waals surface area contributed by atoms with Gasteiger partial charge >= 0.3 is 0 Å². The molecule has 0 amide bonds. The topological polar surface area (TPSA) is 95.5 Å². The molecule has 1 atom stereocenters. The van der Waals surface area contributed by atoms with Crippen LogP contribution in [0.25, 0.3) is 0 Å². The second-order valence-electron chi connectivity index (χ2n) is 5.76. The molecule has 1 unspecified atom stereocenters. The molecule has 0 radical (unpaired) electrons. The van der Waals surface area contributed by atoms with E-state index >= 15 is 0 Å². The number of guanidine groups is 1. The van der Waals surface area contributed by atoms with Gasteiger partial charge in [0, 0.05) is 30.5 Å². The van der Waals surface area contributed by atoms with Gasteiger partial charge in [-0.1, -0.05) is 23.7 Å². The number of halogens is 2. The number of aromatic nitrogens is 1. The molecular formula is C18H25ClIN5O2S. The Morgan fingerprint density at radius 1 is 1.25 bits per heavy atom. The van der Waals surface area contributed by atoms with Gasteiger partial charge in [0.25, 0.3) is 0 Å². The minimum atomic E-state index is -3.58. The van der Waals surface area contributed by atoms with E-state index in [1.165, 1.54) is 18.5 Å². The lowest BCUT2D eigenvalue weighted by Gasteiger charge is -2.18. The Morgan fingerprint density at radius 3 is 2.57 bits per heavy atom. The van der Waals surface area contributed by atoms with E-state index in [1.807, 2.05) is 38.1 Å². The molecule has 2 aromatic rings. The Bertz CT molecular complexity index is 848. The fourth-order valence-corrected chi connectivity index (χ4v) is 3.41. The highest BCUT2D eigenvalue weighted by Gasteiger charge is 2.13. The van der Waals surface area contributed by atoms with Crippen molar-refractivity contribution in [1.82, 2.24) is 20.3 Å². The summed E-state index contributed by atoms with van der Waals surface area (Å²) in [5.41, 5.74) is 1.07. The van der Waals surface area contributed by atoms with E-state index in [-0.39, 0.29) is 41.5 Å². The van der Waals surface area contributed by atoms with E-state index in [0.717, 1.165) is 5.56 Å². The molecule has 7 nitrogen and oxygen atoms in total. The number of hydrogen-bond donors (Lipinski definition) is 3. The molecule has 0 saturated carbocycles. The summed E-state index contributed by atoms with van der Waals surface area (Å²) in [7, 11) is -3.58. The van der Waals surface area contributed by atoms with Crippen LogP contribution in [0.15, 0.2) is 58.7 Å². The van der Waals surface area contributed by atoms with Crippen LogP contribution < -0.4 is 15.4 Å². The van der Waals surface area contributed by atoms with E-state index in [9.17, 15) is 8.42 Å². The van der Waals surface area contributed by atoms with Crippen molar-refractivity contribution >= 4 is 51.6 Å². The van der Waals surface area contributed by atoms with Crippen LogP contribution in [0.1, 0.15) is 25.5 Å². The maximum absolute atomic E-state index is 12.2. The molecule has 10 heteroatoms. The largest absolute Gasteiger partial charge is 0.357 e. The van der Waals surface area contributed by atoms with Gasteiger partial charge < -0.3 is 10.6 Å². The third-order valence-electron chi connectivity index (χ3n) is 3.69. The quantitative estimate of drug-likeness (QED) is 0.208. The zero-order chi connectivity index (χ0) is 19.7. The van der Waals surface area contributed by atoms with Gasteiger partial charge in [0.1, 0.15) is 4.90 Å². The molecule has 0 aliphatic heterocycles. The van der Waals surface area contributed by atoms with E-state index in [1.54, 1.807) is 6.07 Å². The van der Waals surface area contributed by atoms with E-state index in [4.69, 9.17) is 11.6 Å². The summed E-state index contributed by atoms with van der Waals surface area (Å²) in [6.07, 6.45) is 2.84. The smallest absolute Gasteiger partial charge is 0.242 e. The number of nitrogens with one attached hydrogen (secondary N) is 3. The van der Waals surface area contributed by atoms with Crippen LogP contribution in [0.3, 0.4) is 0 Å². The summed E-state index contributed by atoms with van der Waals surface area (Å²) >= 11 is 5.92. The van der Waals surface area contributed by atoms with Crippen molar-refractivity contribution in [2.24, 2.45) is 4.99 Å². The lowest BCUT2D eigenvalue weighted by molar-refractivity contribution is 0.581. The molecule has 154 valence electrons. The first-order valence-corrected chi connectivity index (χ1v) is 10.5. The molecule has 1 heterocycles. The summed E-state index contributed by atoms with van der Waals surface area (Å²) in [5.74, 6) is 0.612. The zero-order valence-electron chi connectivity index (χ0n) is 15.7. The fourth-order valence-electron chi connectivity index (χ4n) is 2.30. The van der Waals surface area contributed by atoms with E-state index < -0.39 is 10.0 Å². The highest BCUT2D eigenvalue weighted by Crippen LogP contribution is 2.15. The van der Waals surface area contributed by atoms with Crippen LogP contribution in [0.5, 0.6) is 0 Å². The van der Waals surface area contributed by atoms with Crippen LogP contribution in [0.4, 0.5) is 0 Å². The van der Waals surface area contributed by atoms with Crippen molar-refractivity contribution in [3.8, 4) is 0 Å². The molecule has 1 aromatic heterocycles. The van der Waals surface area contributed by atoms with Crippen molar-refractivity contribution in [2.75, 3.05) is 19.6 Å². The molecular weight excluding hydrogens is 513 g/mol. The standard InChI is InChI=1S/C18H24ClN5O2S.HI/c1-3-21-18(24-14(2)15-6-8-16(19)9-7-15)22-11-12-23-27(25,26)17-5-4-10-20-13-17;/h4-10,13-14,23H,3,11-12H2,1-2H3,(H2,21,22,24);1H. The normalized spacial score (nSPS) is 12.8. The molecule has 0 fully saturated rings. The maximum Gasteiger partial charge on any atom is 0.242 e. The first-order chi connectivity index (χ1) is 12.9. The lowest BCUT2D eigenvalue weighted by Crippen LogP contribution is -2.39. The Balaban J connectivity index is 0.00000392. The summed E-state index contributed by atoms with van der Waals surface area (Å²) in [5, 5.41) is 7.13. The van der Waals surface area contributed by atoms with Crippen LogP contribution in [0, 0.1) is 0 Å². The molecule has 28 heavy (non-hydrogen) atoms. The van der Waals surface area contributed by atoms with Crippen LogP contribution in [0.2, 0.25) is 5.02 Å². The molecule has 0 saturated heterocycles. The molecule has 0 spiro atoms. The minimum Gasteiger partial charge on any atom is -0.357 e. The summed E-state index contributed by atoms with van der Waals surface area (Å²) in [6.45, 7) is 5.16.